The van der Waals surface area contributed by atoms with Gasteiger partial charge in [0.05, 0.1) is 17.5 Å². The predicted octanol–water partition coefficient (Wildman–Crippen LogP) is 1.69. The lowest BCUT2D eigenvalue weighted by atomic mass is 10.00. The van der Waals surface area contributed by atoms with E-state index < -0.39 is 24.0 Å². The van der Waals surface area contributed by atoms with Crippen LogP contribution < -0.4 is 5.32 Å². The minimum absolute atomic E-state index is 0.0533. The van der Waals surface area contributed by atoms with Crippen LogP contribution in [0.5, 0.6) is 0 Å². The van der Waals surface area contributed by atoms with Crippen LogP contribution in [0, 0.1) is 18.3 Å². The standard InChI is InChI=1S/C18H19N5O3/c1-13-16(22-23(21-13)14-7-3-2-4-8-14)17(25)26-11-15(24)20-18(12-19)9-5-6-10-18/h2-4,7-8H,5-6,9-11H2,1H3,(H,20,24). The Morgan fingerprint density at radius 2 is 1.96 bits per heavy atom. The first kappa shape index (κ1) is 17.6. The summed E-state index contributed by atoms with van der Waals surface area (Å²) in [5, 5.41) is 20.3. The number of benzene rings is 1. The summed E-state index contributed by atoms with van der Waals surface area (Å²) in [7, 11) is 0. The zero-order valence-corrected chi connectivity index (χ0v) is 14.4. The summed E-state index contributed by atoms with van der Waals surface area (Å²) in [5.74, 6) is -1.22. The first-order valence-corrected chi connectivity index (χ1v) is 8.42. The van der Waals surface area contributed by atoms with Crippen LogP contribution in [0.1, 0.15) is 41.9 Å². The SMILES string of the molecule is Cc1nn(-c2ccccc2)nc1C(=O)OCC(=O)NC1(C#N)CCCC1. The molecule has 0 aliphatic heterocycles. The first-order valence-electron chi connectivity index (χ1n) is 8.42. The van der Waals surface area contributed by atoms with E-state index in [1.165, 1.54) is 4.80 Å². The molecular weight excluding hydrogens is 334 g/mol. The maximum Gasteiger partial charge on any atom is 0.361 e. The van der Waals surface area contributed by atoms with Crippen molar-refractivity contribution in [3.8, 4) is 11.8 Å². The Labute approximate surface area is 150 Å². The number of para-hydroxylation sites is 1. The van der Waals surface area contributed by atoms with Gasteiger partial charge in [-0.05, 0) is 44.7 Å². The number of carbonyl (C=O) groups excluding carboxylic acids is 2. The van der Waals surface area contributed by atoms with Crippen molar-refractivity contribution in [2.45, 2.75) is 38.1 Å². The van der Waals surface area contributed by atoms with Crippen molar-refractivity contribution in [1.29, 1.82) is 5.26 Å². The summed E-state index contributed by atoms with van der Waals surface area (Å²) in [4.78, 5) is 25.6. The smallest absolute Gasteiger partial charge is 0.361 e. The van der Waals surface area contributed by atoms with Gasteiger partial charge in [0.25, 0.3) is 5.91 Å². The highest BCUT2D eigenvalue weighted by molar-refractivity contribution is 5.90. The van der Waals surface area contributed by atoms with E-state index in [4.69, 9.17) is 4.74 Å². The van der Waals surface area contributed by atoms with Crippen molar-refractivity contribution in [2.24, 2.45) is 0 Å². The molecule has 8 heteroatoms. The molecule has 0 saturated heterocycles. The van der Waals surface area contributed by atoms with Crippen LogP contribution in [0.25, 0.3) is 5.69 Å². The topological polar surface area (TPSA) is 110 Å². The molecule has 1 aliphatic rings. The largest absolute Gasteiger partial charge is 0.451 e. The molecule has 0 unspecified atom stereocenters. The van der Waals surface area contributed by atoms with Crippen molar-refractivity contribution in [3.05, 3.63) is 41.7 Å². The Bertz CT molecular complexity index is 847. The molecular formula is C18H19N5O3. The minimum Gasteiger partial charge on any atom is -0.451 e. The molecule has 0 spiro atoms. The van der Waals surface area contributed by atoms with Gasteiger partial charge in [-0.2, -0.15) is 15.2 Å². The van der Waals surface area contributed by atoms with Gasteiger partial charge >= 0.3 is 5.97 Å². The number of carbonyl (C=O) groups is 2. The second-order valence-corrected chi connectivity index (χ2v) is 6.28. The van der Waals surface area contributed by atoms with E-state index in [1.807, 2.05) is 30.3 Å². The molecule has 1 fully saturated rings. The number of hydrogen-bond acceptors (Lipinski definition) is 6. The number of amides is 1. The molecule has 1 amide bonds. The fraction of sp³-hybridized carbons (Fsp3) is 0.389. The number of rotatable bonds is 5. The maximum atomic E-state index is 12.2. The molecule has 1 aromatic heterocycles. The maximum absolute atomic E-state index is 12.2. The Balaban J connectivity index is 1.61. The number of nitriles is 1. The van der Waals surface area contributed by atoms with Gasteiger partial charge < -0.3 is 10.1 Å². The van der Waals surface area contributed by atoms with Crippen LogP contribution >= 0.6 is 0 Å². The van der Waals surface area contributed by atoms with Crippen molar-refractivity contribution in [1.82, 2.24) is 20.3 Å². The monoisotopic (exact) mass is 353 g/mol. The van der Waals surface area contributed by atoms with E-state index in [0.29, 0.717) is 24.2 Å². The van der Waals surface area contributed by atoms with Crippen molar-refractivity contribution in [3.63, 3.8) is 0 Å². The average molecular weight is 353 g/mol. The Morgan fingerprint density at radius 3 is 2.62 bits per heavy atom. The van der Waals surface area contributed by atoms with E-state index in [0.717, 1.165) is 12.8 Å². The highest BCUT2D eigenvalue weighted by Gasteiger charge is 2.35. The summed E-state index contributed by atoms with van der Waals surface area (Å²) in [6.07, 6.45) is 3.03. The van der Waals surface area contributed by atoms with Gasteiger partial charge in [-0.3, -0.25) is 4.79 Å². The van der Waals surface area contributed by atoms with Crippen molar-refractivity contribution >= 4 is 11.9 Å². The van der Waals surface area contributed by atoms with Crippen molar-refractivity contribution < 1.29 is 14.3 Å². The molecule has 0 atom stereocenters. The van der Waals surface area contributed by atoms with Crippen LogP contribution in [0.4, 0.5) is 0 Å². The zero-order chi connectivity index (χ0) is 18.6. The van der Waals surface area contributed by atoms with Crippen LogP contribution in [0.15, 0.2) is 30.3 Å². The number of ether oxygens (including phenoxy) is 1. The number of nitrogens with one attached hydrogen (secondary N) is 1. The van der Waals surface area contributed by atoms with Crippen molar-refractivity contribution in [2.75, 3.05) is 6.61 Å². The van der Waals surface area contributed by atoms with Gasteiger partial charge in [0, 0.05) is 0 Å². The summed E-state index contributed by atoms with van der Waals surface area (Å²) < 4.78 is 5.04. The van der Waals surface area contributed by atoms with Gasteiger partial charge in [-0.1, -0.05) is 18.2 Å². The predicted molar refractivity (Wildman–Crippen MR) is 91.3 cm³/mol. The second-order valence-electron chi connectivity index (χ2n) is 6.28. The van der Waals surface area contributed by atoms with E-state index in [9.17, 15) is 14.9 Å². The molecule has 0 bridgehead atoms. The lowest BCUT2D eigenvalue weighted by Crippen LogP contribution is -2.46. The molecule has 1 saturated carbocycles. The highest BCUT2D eigenvalue weighted by Crippen LogP contribution is 2.28. The molecule has 2 aromatic rings. The van der Waals surface area contributed by atoms with Gasteiger partial charge in [0.2, 0.25) is 0 Å². The third-order valence-electron chi connectivity index (χ3n) is 4.35. The second kappa shape index (κ2) is 7.35. The van der Waals surface area contributed by atoms with Crippen LogP contribution in [0.3, 0.4) is 0 Å². The van der Waals surface area contributed by atoms with Gasteiger partial charge in [0.15, 0.2) is 12.3 Å². The summed E-state index contributed by atoms with van der Waals surface area (Å²) in [5.41, 5.74) is 0.334. The molecule has 26 heavy (non-hydrogen) atoms. The number of esters is 1. The van der Waals surface area contributed by atoms with E-state index in [2.05, 4.69) is 21.6 Å². The Hall–Kier alpha value is -3.21. The molecule has 1 aliphatic carbocycles. The van der Waals surface area contributed by atoms with Crippen LogP contribution in [0.2, 0.25) is 0 Å². The fourth-order valence-electron chi connectivity index (χ4n) is 2.99. The van der Waals surface area contributed by atoms with Crippen LogP contribution in [-0.4, -0.2) is 39.0 Å². The molecule has 0 radical (unpaired) electrons. The number of aryl methyl sites for hydroxylation is 1. The Kier molecular flexibility index (Phi) is 4.98. The first-order chi connectivity index (χ1) is 12.5. The van der Waals surface area contributed by atoms with E-state index in [-0.39, 0.29) is 5.69 Å². The lowest BCUT2D eigenvalue weighted by Gasteiger charge is -2.21. The summed E-state index contributed by atoms with van der Waals surface area (Å²) in [6, 6.07) is 11.3. The molecule has 1 heterocycles. The van der Waals surface area contributed by atoms with Gasteiger partial charge in [-0.25, -0.2) is 4.79 Å². The number of nitrogens with zero attached hydrogens (tertiary/aromatic N) is 4. The Morgan fingerprint density at radius 1 is 1.27 bits per heavy atom. The third-order valence-corrected chi connectivity index (χ3v) is 4.35. The lowest BCUT2D eigenvalue weighted by molar-refractivity contribution is -0.125. The molecule has 8 nitrogen and oxygen atoms in total. The summed E-state index contributed by atoms with van der Waals surface area (Å²) >= 11 is 0. The number of hydrogen-bond donors (Lipinski definition) is 1. The molecule has 1 aromatic carbocycles. The van der Waals surface area contributed by atoms with Crippen LogP contribution in [-0.2, 0) is 9.53 Å². The highest BCUT2D eigenvalue weighted by atomic mass is 16.5. The third kappa shape index (κ3) is 3.72. The quantitative estimate of drug-likeness (QED) is 0.819. The zero-order valence-electron chi connectivity index (χ0n) is 14.4. The molecule has 134 valence electrons. The summed E-state index contributed by atoms with van der Waals surface area (Å²) in [6.45, 7) is 1.19. The normalized spacial score (nSPS) is 15.2. The average Bonchev–Trinajstić information content (AvgIpc) is 3.28. The molecule has 1 N–H and O–H groups in total. The molecule has 3 rings (SSSR count). The minimum atomic E-state index is -0.837. The van der Waals surface area contributed by atoms with Gasteiger partial charge in [0.1, 0.15) is 5.54 Å². The van der Waals surface area contributed by atoms with Gasteiger partial charge in [-0.15, -0.1) is 5.10 Å². The van der Waals surface area contributed by atoms with E-state index >= 15 is 0 Å². The fourth-order valence-corrected chi connectivity index (χ4v) is 2.99. The number of aromatic nitrogens is 3. The van der Waals surface area contributed by atoms with E-state index in [1.54, 1.807) is 6.92 Å².